The van der Waals surface area contributed by atoms with Gasteiger partial charge in [0.1, 0.15) is 0 Å². The molecular formula is C19H17F2N3O4S. The van der Waals surface area contributed by atoms with Crippen LogP contribution in [0, 0.1) is 0 Å². The van der Waals surface area contributed by atoms with Crippen LogP contribution in [-0.4, -0.2) is 48.3 Å². The summed E-state index contributed by atoms with van der Waals surface area (Å²) < 4.78 is 29.9. The van der Waals surface area contributed by atoms with E-state index in [0.717, 1.165) is 4.90 Å². The second-order valence-electron chi connectivity index (χ2n) is 5.93. The van der Waals surface area contributed by atoms with E-state index in [-0.39, 0.29) is 12.1 Å². The van der Waals surface area contributed by atoms with Gasteiger partial charge in [0.2, 0.25) is 0 Å². The summed E-state index contributed by atoms with van der Waals surface area (Å²) in [5.41, 5.74) is 1.21. The van der Waals surface area contributed by atoms with Crippen molar-refractivity contribution in [3.63, 3.8) is 0 Å². The Balaban J connectivity index is 1.64. The van der Waals surface area contributed by atoms with Gasteiger partial charge < -0.3 is 15.4 Å². The standard InChI is InChI=1S/C19H17F2N3O4S/c20-18(21)29-13-7-5-12(6-8-13)23-15-4-2-1-3-14(15)17(26)28-11-16(25)24-10-9-22-19(24)27/h1-8,18,23H,9-11H2,(H,22,27). The molecule has 0 atom stereocenters. The fourth-order valence-electron chi connectivity index (χ4n) is 2.64. The van der Waals surface area contributed by atoms with Crippen LogP contribution < -0.4 is 10.6 Å². The second-order valence-corrected chi connectivity index (χ2v) is 6.99. The predicted molar refractivity (Wildman–Crippen MR) is 103 cm³/mol. The Morgan fingerprint density at radius 3 is 2.55 bits per heavy atom. The number of carbonyl (C=O) groups is 3. The number of ether oxygens (including phenoxy) is 1. The summed E-state index contributed by atoms with van der Waals surface area (Å²) in [7, 11) is 0. The van der Waals surface area contributed by atoms with Crippen molar-refractivity contribution in [1.29, 1.82) is 0 Å². The number of nitrogens with one attached hydrogen (secondary N) is 2. The summed E-state index contributed by atoms with van der Waals surface area (Å²) in [4.78, 5) is 37.3. The number of hydrogen-bond acceptors (Lipinski definition) is 6. The third-order valence-corrected chi connectivity index (χ3v) is 4.71. The molecule has 152 valence electrons. The number of rotatable bonds is 7. The lowest BCUT2D eigenvalue weighted by Gasteiger charge is -2.14. The van der Waals surface area contributed by atoms with E-state index < -0.39 is 30.3 Å². The number of carbonyl (C=O) groups excluding carboxylic acids is 3. The summed E-state index contributed by atoms with van der Waals surface area (Å²) in [6, 6.07) is 12.3. The van der Waals surface area contributed by atoms with Crippen molar-refractivity contribution in [1.82, 2.24) is 10.2 Å². The summed E-state index contributed by atoms with van der Waals surface area (Å²) in [6.07, 6.45) is 0. The number of esters is 1. The monoisotopic (exact) mass is 421 g/mol. The molecule has 3 amide bonds. The number of para-hydroxylation sites is 1. The van der Waals surface area contributed by atoms with Crippen LogP contribution in [0.3, 0.4) is 0 Å². The van der Waals surface area contributed by atoms with Gasteiger partial charge in [-0.2, -0.15) is 8.78 Å². The summed E-state index contributed by atoms with van der Waals surface area (Å²) in [5.74, 6) is -3.84. The lowest BCUT2D eigenvalue weighted by Crippen LogP contribution is -2.37. The van der Waals surface area contributed by atoms with Crippen molar-refractivity contribution in [3.8, 4) is 0 Å². The van der Waals surface area contributed by atoms with Crippen LogP contribution >= 0.6 is 11.8 Å². The lowest BCUT2D eigenvalue weighted by atomic mass is 10.1. The maximum absolute atomic E-state index is 12.4. The van der Waals surface area contributed by atoms with Crippen LogP contribution in [0.25, 0.3) is 0 Å². The van der Waals surface area contributed by atoms with E-state index in [1.54, 1.807) is 42.5 Å². The van der Waals surface area contributed by atoms with Crippen LogP contribution in [0.15, 0.2) is 53.4 Å². The number of hydrogen-bond donors (Lipinski definition) is 2. The minimum absolute atomic E-state index is 0.192. The zero-order valence-electron chi connectivity index (χ0n) is 15.1. The maximum atomic E-state index is 12.4. The molecule has 0 spiro atoms. The first-order chi connectivity index (χ1) is 13.9. The number of anilines is 2. The zero-order chi connectivity index (χ0) is 20.8. The third kappa shape index (κ3) is 5.44. The van der Waals surface area contributed by atoms with E-state index in [0.29, 0.717) is 34.6 Å². The molecule has 2 N–H and O–H groups in total. The van der Waals surface area contributed by atoms with Gasteiger partial charge in [-0.15, -0.1) is 0 Å². The van der Waals surface area contributed by atoms with Crippen molar-refractivity contribution >= 4 is 41.0 Å². The first-order valence-electron chi connectivity index (χ1n) is 8.60. The normalized spacial score (nSPS) is 13.3. The van der Waals surface area contributed by atoms with Gasteiger partial charge in [0.05, 0.1) is 11.3 Å². The Hall–Kier alpha value is -3.14. The highest BCUT2D eigenvalue weighted by Gasteiger charge is 2.27. The molecule has 0 radical (unpaired) electrons. The van der Waals surface area contributed by atoms with Crippen molar-refractivity contribution < 1.29 is 27.9 Å². The van der Waals surface area contributed by atoms with E-state index in [1.807, 2.05) is 0 Å². The number of imide groups is 1. The van der Waals surface area contributed by atoms with Gasteiger partial charge in [-0.05, 0) is 36.4 Å². The Morgan fingerprint density at radius 1 is 1.17 bits per heavy atom. The van der Waals surface area contributed by atoms with E-state index in [4.69, 9.17) is 4.74 Å². The first-order valence-corrected chi connectivity index (χ1v) is 9.48. The molecule has 1 saturated heterocycles. The lowest BCUT2D eigenvalue weighted by molar-refractivity contribution is -0.130. The average molecular weight is 421 g/mol. The molecule has 29 heavy (non-hydrogen) atoms. The molecule has 1 aliphatic rings. The minimum Gasteiger partial charge on any atom is -0.452 e. The largest absolute Gasteiger partial charge is 0.452 e. The van der Waals surface area contributed by atoms with Crippen molar-refractivity contribution in [3.05, 3.63) is 54.1 Å². The summed E-state index contributed by atoms with van der Waals surface area (Å²) >= 11 is 0.442. The Morgan fingerprint density at radius 2 is 1.90 bits per heavy atom. The number of urea groups is 1. The van der Waals surface area contributed by atoms with Crippen LogP contribution in [0.5, 0.6) is 0 Å². The number of alkyl halides is 2. The van der Waals surface area contributed by atoms with Crippen molar-refractivity contribution in [2.45, 2.75) is 10.7 Å². The first kappa shape index (κ1) is 20.6. The quantitative estimate of drug-likeness (QED) is 0.526. The van der Waals surface area contributed by atoms with Crippen LogP contribution in [0.4, 0.5) is 25.0 Å². The van der Waals surface area contributed by atoms with E-state index in [1.165, 1.54) is 6.07 Å². The number of amides is 3. The van der Waals surface area contributed by atoms with Gasteiger partial charge in [-0.3, -0.25) is 9.69 Å². The molecule has 1 fully saturated rings. The molecule has 0 unspecified atom stereocenters. The topological polar surface area (TPSA) is 87.7 Å². The second kappa shape index (κ2) is 9.37. The Labute approximate surface area is 169 Å². The molecule has 0 aliphatic carbocycles. The van der Waals surface area contributed by atoms with Gasteiger partial charge in [-0.1, -0.05) is 23.9 Å². The van der Waals surface area contributed by atoms with Crippen LogP contribution in [0.2, 0.25) is 0 Å². The van der Waals surface area contributed by atoms with Crippen molar-refractivity contribution in [2.24, 2.45) is 0 Å². The molecule has 0 bridgehead atoms. The maximum Gasteiger partial charge on any atom is 0.340 e. The van der Waals surface area contributed by atoms with Gasteiger partial charge in [0.25, 0.3) is 11.7 Å². The van der Waals surface area contributed by atoms with Gasteiger partial charge in [0.15, 0.2) is 6.61 Å². The van der Waals surface area contributed by atoms with Gasteiger partial charge in [-0.25, -0.2) is 9.59 Å². The molecule has 0 saturated carbocycles. The number of halogens is 2. The van der Waals surface area contributed by atoms with Crippen LogP contribution in [-0.2, 0) is 9.53 Å². The molecule has 0 aromatic heterocycles. The molecule has 1 heterocycles. The van der Waals surface area contributed by atoms with E-state index in [2.05, 4.69) is 10.6 Å². The third-order valence-electron chi connectivity index (χ3n) is 3.99. The highest BCUT2D eigenvalue weighted by atomic mass is 32.2. The van der Waals surface area contributed by atoms with E-state index >= 15 is 0 Å². The minimum atomic E-state index is -2.50. The van der Waals surface area contributed by atoms with Crippen LogP contribution in [0.1, 0.15) is 10.4 Å². The number of thioether (sulfide) groups is 1. The van der Waals surface area contributed by atoms with Gasteiger partial charge >= 0.3 is 12.0 Å². The zero-order valence-corrected chi connectivity index (χ0v) is 15.9. The molecule has 1 aliphatic heterocycles. The summed E-state index contributed by atoms with van der Waals surface area (Å²) in [5, 5.41) is 5.52. The average Bonchev–Trinajstić information content (AvgIpc) is 3.13. The fourth-order valence-corrected chi connectivity index (χ4v) is 3.14. The highest BCUT2D eigenvalue weighted by molar-refractivity contribution is 7.99. The highest BCUT2D eigenvalue weighted by Crippen LogP contribution is 2.28. The van der Waals surface area contributed by atoms with E-state index in [9.17, 15) is 23.2 Å². The molecule has 2 aromatic rings. The molecule has 10 heteroatoms. The van der Waals surface area contributed by atoms with Crippen molar-refractivity contribution in [2.75, 3.05) is 25.0 Å². The predicted octanol–water partition coefficient (Wildman–Crippen LogP) is 3.45. The molecule has 7 nitrogen and oxygen atoms in total. The number of nitrogens with zero attached hydrogens (tertiary/aromatic N) is 1. The summed E-state index contributed by atoms with van der Waals surface area (Å²) in [6.45, 7) is 0.0349. The fraction of sp³-hybridized carbons (Fsp3) is 0.211. The number of benzene rings is 2. The van der Waals surface area contributed by atoms with Gasteiger partial charge in [0, 0.05) is 23.7 Å². The molecular weight excluding hydrogens is 404 g/mol. The SMILES string of the molecule is O=C(OCC(=O)N1CCNC1=O)c1ccccc1Nc1ccc(SC(F)F)cc1. The molecule has 2 aromatic carbocycles. The smallest absolute Gasteiger partial charge is 0.340 e. The Bertz CT molecular complexity index is 909. The molecule has 3 rings (SSSR count). The Kier molecular flexibility index (Phi) is 6.65.